The molecule has 4 aliphatic heterocycles. The van der Waals surface area contributed by atoms with Crippen LogP contribution in [0.5, 0.6) is 17.5 Å². The summed E-state index contributed by atoms with van der Waals surface area (Å²) in [6.45, 7) is 20.6. The number of carbonyl (C=O) groups excluding carboxylic acids is 4. The van der Waals surface area contributed by atoms with E-state index in [0.29, 0.717) is 79.5 Å². The highest BCUT2D eigenvalue weighted by atomic mass is 19.1. The maximum Gasteiger partial charge on any atom is 0.318 e. The normalized spacial score (nSPS) is 18.3. The summed E-state index contributed by atoms with van der Waals surface area (Å²) in [7, 11) is 4.61. The van der Waals surface area contributed by atoms with Crippen molar-refractivity contribution in [3.63, 3.8) is 0 Å². The number of halogens is 2. The molecule has 4 saturated heterocycles. The SMILES string of the molecule is C1CC2CCCN2C1.CC1CCC(=O)NC1=O.CCC1=C(F)CCc2cc(O)cc(-c3ncc4c(N5CCCC(O)C5)nc(OC)nc4c3F)c21.CCCC(=O)N(C)c1cc(OCCC(CCC)CCC(C)CC)ccc1C.COC(C)=O. The zero-order valence-electron chi connectivity index (χ0n) is 51.5. The second kappa shape index (κ2) is 33.9. The van der Waals surface area contributed by atoms with Gasteiger partial charge in [0.2, 0.25) is 17.7 Å². The number of esters is 1. The van der Waals surface area contributed by atoms with E-state index in [1.807, 2.05) is 57.8 Å². The summed E-state index contributed by atoms with van der Waals surface area (Å²) < 4.78 is 46.2. The molecule has 6 heterocycles. The highest BCUT2D eigenvalue weighted by molar-refractivity contribution is 5.98. The molecule has 4 unspecified atom stereocenters. The van der Waals surface area contributed by atoms with Gasteiger partial charge in [-0.15, -0.1) is 0 Å². The number of pyridine rings is 1. The second-order valence-electron chi connectivity index (χ2n) is 22.8. The maximum absolute atomic E-state index is 16.1. The van der Waals surface area contributed by atoms with E-state index < -0.39 is 11.9 Å². The van der Waals surface area contributed by atoms with Gasteiger partial charge in [0.25, 0.3) is 0 Å². The number of aromatic hydroxyl groups is 1. The van der Waals surface area contributed by atoms with Gasteiger partial charge in [-0.1, -0.05) is 79.7 Å². The molecule has 4 atom stereocenters. The zero-order valence-corrected chi connectivity index (χ0v) is 51.5. The van der Waals surface area contributed by atoms with Crippen molar-refractivity contribution < 1.29 is 52.4 Å². The minimum atomic E-state index is -0.703. The lowest BCUT2D eigenvalue weighted by Gasteiger charge is -2.31. The van der Waals surface area contributed by atoms with Crippen molar-refractivity contribution in [2.24, 2.45) is 17.8 Å². The third-order valence-corrected chi connectivity index (χ3v) is 16.5. The summed E-state index contributed by atoms with van der Waals surface area (Å²) in [5.74, 6) is 1.58. The number of rotatable bonds is 17. The summed E-state index contributed by atoms with van der Waals surface area (Å²) in [5.41, 5.74) is 4.22. The molecule has 0 radical (unpaired) electrons. The van der Waals surface area contributed by atoms with Crippen LogP contribution in [0.15, 0.2) is 42.4 Å². The number of hydrogen-bond donors (Lipinski definition) is 3. The number of benzene rings is 2. The van der Waals surface area contributed by atoms with Gasteiger partial charge < -0.3 is 39.1 Å². The van der Waals surface area contributed by atoms with E-state index in [1.54, 1.807) is 11.0 Å². The Bertz CT molecular complexity index is 2790. The van der Waals surface area contributed by atoms with Crippen molar-refractivity contribution in [3.05, 3.63) is 64.9 Å². The molecule has 5 aliphatic rings. The van der Waals surface area contributed by atoms with Crippen molar-refractivity contribution in [1.29, 1.82) is 0 Å². The number of aromatic nitrogens is 3. The standard InChI is InChI=1S/C25H26F2N4O3.C24H41NO2.C7H13N.C6H9NO2.C3H6O2/c1-3-16-19(26)7-6-13-9-15(33)10-17(20(13)16)22-21(27)23-18(11-28-22)24(30-25(29-23)34-2)31-8-4-5-14(32)12-31;1-7-10-21(14-12-19(4)9-3)16-17-27-22-15-13-20(5)23(18-22)25(6)24(26)11-8-2;1-3-7-4-2-6-8(7)5-1;1-4-2-3-5(8)7-6(4)9;1-3(4)5-2/h9-11,14,32-33H,3-8,12H2,1-2H3;13,15,18-19,21H,7-12,14,16-17H2,1-6H3;7H,1-6H2;4H,2-3H2,1H3,(H,7,8,9);1-2H3. The summed E-state index contributed by atoms with van der Waals surface area (Å²) in [5, 5.41) is 23.1. The Labute approximate surface area is 492 Å². The van der Waals surface area contributed by atoms with Gasteiger partial charge in [-0.25, -0.2) is 8.78 Å². The summed E-state index contributed by atoms with van der Waals surface area (Å²) >= 11 is 0. The molecule has 0 bridgehead atoms. The van der Waals surface area contributed by atoms with Crippen LogP contribution < -0.4 is 24.6 Å². The number of amides is 3. The number of aliphatic hydroxyl groups excluding tert-OH is 1. The molecule has 0 spiro atoms. The summed E-state index contributed by atoms with van der Waals surface area (Å²) in [6, 6.07) is 10.1. The minimum Gasteiger partial charge on any atom is -0.508 e. The summed E-state index contributed by atoms with van der Waals surface area (Å²) in [6.07, 6.45) is 19.6. The Balaban J connectivity index is 0.000000225. The first kappa shape index (κ1) is 67.5. The van der Waals surface area contributed by atoms with Gasteiger partial charge in [0.15, 0.2) is 5.82 Å². The number of allylic oxidation sites excluding steroid dienone is 2. The summed E-state index contributed by atoms with van der Waals surface area (Å²) in [4.78, 5) is 62.3. The fourth-order valence-corrected chi connectivity index (χ4v) is 11.3. The number of β-amino-alcohol motifs (C(OH)–C–C–N with tert-alkyl or cyclic N) is 1. The Morgan fingerprint density at radius 3 is 2.22 bits per heavy atom. The highest BCUT2D eigenvalue weighted by Gasteiger charge is 2.30. The van der Waals surface area contributed by atoms with Crippen molar-refractivity contribution >= 4 is 51.7 Å². The molecule has 4 fully saturated rings. The quantitative estimate of drug-likeness (QED) is 0.0667. The van der Waals surface area contributed by atoms with Crippen LogP contribution in [0, 0.1) is 30.5 Å². The number of aryl methyl sites for hydroxylation is 2. The molecular formula is C65H95F2N7O9. The van der Waals surface area contributed by atoms with Gasteiger partial charge in [-0.05, 0) is 143 Å². The molecule has 2 aromatic carbocycles. The van der Waals surface area contributed by atoms with Crippen LogP contribution in [0.1, 0.15) is 181 Å². The Morgan fingerprint density at radius 1 is 0.904 bits per heavy atom. The number of nitrogens with one attached hydrogen (secondary N) is 1. The largest absolute Gasteiger partial charge is 0.508 e. The molecule has 18 heteroatoms. The first-order valence-electron chi connectivity index (χ1n) is 30.5. The zero-order chi connectivity index (χ0) is 60.8. The highest BCUT2D eigenvalue weighted by Crippen LogP contribution is 2.44. The molecule has 2 aromatic heterocycles. The molecule has 4 aromatic rings. The van der Waals surface area contributed by atoms with Gasteiger partial charge >= 0.3 is 12.0 Å². The number of ether oxygens (including phenoxy) is 3. The first-order valence-corrected chi connectivity index (χ1v) is 30.5. The van der Waals surface area contributed by atoms with E-state index in [-0.39, 0.29) is 64.8 Å². The number of methoxy groups -OCH3 is 2. The van der Waals surface area contributed by atoms with Crippen LogP contribution in [0.25, 0.3) is 27.7 Å². The Hall–Kier alpha value is -6.27. The number of imide groups is 1. The Kier molecular flexibility index (Phi) is 27.6. The van der Waals surface area contributed by atoms with Crippen LogP contribution in [-0.4, -0.2) is 120 Å². The van der Waals surface area contributed by atoms with Crippen molar-refractivity contribution in [1.82, 2.24) is 25.2 Å². The van der Waals surface area contributed by atoms with E-state index in [9.17, 15) is 33.8 Å². The van der Waals surface area contributed by atoms with E-state index in [4.69, 9.17) is 9.47 Å². The van der Waals surface area contributed by atoms with Gasteiger partial charge in [-0.2, -0.15) is 9.97 Å². The molecule has 458 valence electrons. The van der Waals surface area contributed by atoms with Crippen LogP contribution in [-0.2, 0) is 30.3 Å². The van der Waals surface area contributed by atoms with E-state index >= 15 is 4.39 Å². The molecule has 3 N–H and O–H groups in total. The maximum atomic E-state index is 16.1. The fraction of sp³-hybridized carbons (Fsp3) is 0.615. The minimum absolute atomic E-state index is 0.00302. The average Bonchev–Trinajstić information content (AvgIpc) is 2.55. The average molecular weight is 1160 g/mol. The van der Waals surface area contributed by atoms with Gasteiger partial charge in [-0.3, -0.25) is 29.5 Å². The Morgan fingerprint density at radius 2 is 1.61 bits per heavy atom. The van der Waals surface area contributed by atoms with Crippen molar-refractivity contribution in [2.45, 2.75) is 190 Å². The van der Waals surface area contributed by atoms with E-state index in [2.05, 4.69) is 50.7 Å². The third-order valence-electron chi connectivity index (χ3n) is 16.5. The smallest absolute Gasteiger partial charge is 0.318 e. The van der Waals surface area contributed by atoms with Crippen molar-refractivity contribution in [2.75, 3.05) is 63.9 Å². The number of phenolic OH excluding ortho intramolecular Hbond substituents is 1. The van der Waals surface area contributed by atoms with Gasteiger partial charge in [0.1, 0.15) is 34.4 Å². The van der Waals surface area contributed by atoms with Crippen LogP contribution in [0.3, 0.4) is 0 Å². The predicted molar refractivity (Wildman–Crippen MR) is 325 cm³/mol. The molecule has 1 aliphatic carbocycles. The molecule has 9 rings (SSSR count). The van der Waals surface area contributed by atoms with Crippen LogP contribution in [0.2, 0.25) is 0 Å². The van der Waals surface area contributed by atoms with Gasteiger partial charge in [0.05, 0.1) is 32.3 Å². The lowest BCUT2D eigenvalue weighted by atomic mass is 9.84. The lowest BCUT2D eigenvalue weighted by molar-refractivity contribution is -0.138. The topological polar surface area (TPSA) is 197 Å². The number of hydrogen-bond acceptors (Lipinski definition) is 14. The second-order valence-corrected chi connectivity index (χ2v) is 22.8. The first-order chi connectivity index (χ1) is 39.8. The number of piperidine rings is 2. The molecule has 83 heavy (non-hydrogen) atoms. The number of phenols is 1. The fourth-order valence-electron chi connectivity index (χ4n) is 11.3. The molecule has 16 nitrogen and oxygen atoms in total. The molecule has 0 saturated carbocycles. The molecule has 3 amide bonds. The molecular weight excluding hydrogens is 1060 g/mol. The number of carbonyl (C=O) groups is 4. The van der Waals surface area contributed by atoms with Crippen molar-refractivity contribution in [3.8, 4) is 28.8 Å². The number of aliphatic hydroxyl groups is 1. The number of nitrogens with zero attached hydrogens (tertiary/aromatic N) is 6. The number of fused-ring (bicyclic) bond motifs is 3. The third kappa shape index (κ3) is 19.7. The predicted octanol–water partition coefficient (Wildman–Crippen LogP) is 12.8. The van der Waals surface area contributed by atoms with E-state index in [1.165, 1.54) is 104 Å². The monoisotopic (exact) mass is 1160 g/mol. The number of anilines is 2. The van der Waals surface area contributed by atoms with Crippen LogP contribution >= 0.6 is 0 Å². The lowest BCUT2D eigenvalue weighted by Crippen LogP contribution is -2.39. The van der Waals surface area contributed by atoms with Gasteiger partial charge in [0, 0.05) is 81.8 Å². The van der Waals surface area contributed by atoms with E-state index in [0.717, 1.165) is 66.3 Å². The van der Waals surface area contributed by atoms with Crippen LogP contribution in [0.4, 0.5) is 20.3 Å².